The van der Waals surface area contributed by atoms with Crippen LogP contribution < -0.4 is 0 Å². The molecule has 0 aromatic heterocycles. The highest BCUT2D eigenvalue weighted by atomic mass is 19.1. The van der Waals surface area contributed by atoms with E-state index in [1.807, 2.05) is 6.42 Å². The maximum atomic E-state index is 11.8. The van der Waals surface area contributed by atoms with E-state index in [0.717, 1.165) is 6.42 Å². The van der Waals surface area contributed by atoms with Crippen LogP contribution in [0, 0.1) is 6.42 Å². The van der Waals surface area contributed by atoms with Crippen molar-refractivity contribution in [2.24, 2.45) is 0 Å². The predicted octanol–water partition coefficient (Wildman–Crippen LogP) is 1.84. The van der Waals surface area contributed by atoms with Crippen LogP contribution in [0.2, 0.25) is 0 Å². The van der Waals surface area contributed by atoms with E-state index in [1.54, 1.807) is 6.08 Å². The lowest BCUT2D eigenvalue weighted by molar-refractivity contribution is 0.621. The zero-order chi connectivity index (χ0) is 4.41. The van der Waals surface area contributed by atoms with Crippen LogP contribution in [-0.2, 0) is 0 Å². The van der Waals surface area contributed by atoms with Crippen LogP contribution in [0.25, 0.3) is 0 Å². The van der Waals surface area contributed by atoms with Crippen LogP contribution in [0.1, 0.15) is 12.8 Å². The van der Waals surface area contributed by atoms with E-state index in [9.17, 15) is 4.39 Å². The summed E-state index contributed by atoms with van der Waals surface area (Å²) in [4.78, 5) is 0. The van der Waals surface area contributed by atoms with E-state index in [-0.39, 0.29) is 5.83 Å². The summed E-state index contributed by atoms with van der Waals surface area (Å²) in [5.74, 6) is 0.0231. The van der Waals surface area contributed by atoms with Crippen molar-refractivity contribution in [1.82, 2.24) is 0 Å². The van der Waals surface area contributed by atoms with Gasteiger partial charge in [0.05, 0.1) is 5.83 Å². The summed E-state index contributed by atoms with van der Waals surface area (Å²) in [5, 5.41) is 0. The van der Waals surface area contributed by atoms with Crippen LogP contribution in [0.4, 0.5) is 4.39 Å². The molecular weight excluding hydrogens is 79.1 g/mol. The van der Waals surface area contributed by atoms with Crippen molar-refractivity contribution in [2.45, 2.75) is 12.8 Å². The largest absolute Gasteiger partial charge is 0.212 e. The van der Waals surface area contributed by atoms with E-state index < -0.39 is 0 Å². The van der Waals surface area contributed by atoms with Gasteiger partial charge in [-0.05, 0) is 12.8 Å². The van der Waals surface area contributed by atoms with Gasteiger partial charge in [0.15, 0.2) is 0 Å². The van der Waals surface area contributed by atoms with Gasteiger partial charge >= 0.3 is 0 Å². The van der Waals surface area contributed by atoms with Gasteiger partial charge in [-0.1, -0.05) is 6.08 Å². The SMILES string of the molecule is FC1=CC[CH]C1. The second-order valence-electron chi connectivity index (χ2n) is 1.38. The number of hydrogen-bond donors (Lipinski definition) is 0. The monoisotopic (exact) mass is 85.0 g/mol. The molecule has 0 heterocycles. The third-order valence-corrected chi connectivity index (χ3v) is 0.845. The van der Waals surface area contributed by atoms with E-state index in [4.69, 9.17) is 0 Å². The summed E-state index contributed by atoms with van der Waals surface area (Å²) in [6.45, 7) is 0. The first-order chi connectivity index (χ1) is 2.89. The van der Waals surface area contributed by atoms with E-state index >= 15 is 0 Å². The minimum Gasteiger partial charge on any atom is -0.212 e. The van der Waals surface area contributed by atoms with Crippen molar-refractivity contribution in [2.75, 3.05) is 0 Å². The Morgan fingerprint density at radius 1 is 1.67 bits per heavy atom. The summed E-state index contributed by atoms with van der Waals surface area (Å²) in [6, 6.07) is 0. The van der Waals surface area contributed by atoms with Crippen LogP contribution >= 0.6 is 0 Å². The fourth-order valence-electron chi connectivity index (χ4n) is 0.516. The van der Waals surface area contributed by atoms with Gasteiger partial charge in [-0.2, -0.15) is 0 Å². The molecule has 0 fully saturated rings. The van der Waals surface area contributed by atoms with Crippen LogP contribution in [0.5, 0.6) is 0 Å². The van der Waals surface area contributed by atoms with Gasteiger partial charge in [0, 0.05) is 6.42 Å². The first kappa shape index (κ1) is 3.85. The van der Waals surface area contributed by atoms with E-state index in [2.05, 4.69) is 0 Å². The zero-order valence-corrected chi connectivity index (χ0v) is 3.45. The average molecular weight is 85.1 g/mol. The van der Waals surface area contributed by atoms with Gasteiger partial charge in [-0.15, -0.1) is 0 Å². The first-order valence-electron chi connectivity index (χ1n) is 2.06. The normalized spacial score (nSPS) is 21.2. The molecule has 0 aromatic carbocycles. The lowest BCUT2D eigenvalue weighted by Crippen LogP contribution is -1.58. The lowest BCUT2D eigenvalue weighted by atomic mass is 10.4. The molecule has 1 aliphatic carbocycles. The molecule has 1 radical (unpaired) electrons. The third kappa shape index (κ3) is 0.588. The van der Waals surface area contributed by atoms with Gasteiger partial charge < -0.3 is 0 Å². The minimum atomic E-state index is 0.0231. The van der Waals surface area contributed by atoms with Crippen molar-refractivity contribution in [3.05, 3.63) is 18.3 Å². The highest BCUT2D eigenvalue weighted by Crippen LogP contribution is 2.16. The first-order valence-corrected chi connectivity index (χ1v) is 2.06. The third-order valence-electron chi connectivity index (χ3n) is 0.845. The molecule has 0 N–H and O–H groups in total. The summed E-state index contributed by atoms with van der Waals surface area (Å²) in [5.41, 5.74) is 0. The fraction of sp³-hybridized carbons (Fsp3) is 0.400. The van der Waals surface area contributed by atoms with Crippen molar-refractivity contribution >= 4 is 0 Å². The Bertz CT molecular complexity index is 74.0. The van der Waals surface area contributed by atoms with Crippen LogP contribution in [0.15, 0.2) is 11.9 Å². The van der Waals surface area contributed by atoms with Crippen LogP contribution in [0.3, 0.4) is 0 Å². The molecule has 0 saturated heterocycles. The molecule has 0 bridgehead atoms. The Hall–Kier alpha value is -0.330. The van der Waals surface area contributed by atoms with E-state index in [0.29, 0.717) is 6.42 Å². The molecule has 33 valence electrons. The maximum absolute atomic E-state index is 11.8. The predicted molar refractivity (Wildman–Crippen MR) is 22.7 cm³/mol. The molecule has 0 atom stereocenters. The van der Waals surface area contributed by atoms with Gasteiger partial charge in [0.2, 0.25) is 0 Å². The molecule has 0 amide bonds. The molecule has 0 saturated carbocycles. The summed E-state index contributed by atoms with van der Waals surface area (Å²) < 4.78 is 11.8. The Kier molecular flexibility index (Phi) is 0.906. The quantitative estimate of drug-likeness (QED) is 0.421. The minimum absolute atomic E-state index is 0.0231. The number of allylic oxidation sites excluding steroid dienone is 2. The van der Waals surface area contributed by atoms with E-state index in [1.165, 1.54) is 0 Å². The van der Waals surface area contributed by atoms with Gasteiger partial charge in [-0.3, -0.25) is 0 Å². The van der Waals surface area contributed by atoms with Crippen molar-refractivity contribution in [3.8, 4) is 0 Å². The molecule has 6 heavy (non-hydrogen) atoms. The van der Waals surface area contributed by atoms with Crippen molar-refractivity contribution in [1.29, 1.82) is 0 Å². The molecule has 1 rings (SSSR count). The number of hydrogen-bond acceptors (Lipinski definition) is 0. The second kappa shape index (κ2) is 1.41. The maximum Gasteiger partial charge on any atom is 0.0962 e. The second-order valence-corrected chi connectivity index (χ2v) is 1.38. The van der Waals surface area contributed by atoms with Crippen molar-refractivity contribution < 1.29 is 4.39 Å². The number of halogens is 1. The molecule has 1 aliphatic rings. The van der Waals surface area contributed by atoms with Gasteiger partial charge in [-0.25, -0.2) is 4.39 Å². The Morgan fingerprint density at radius 3 is 2.67 bits per heavy atom. The van der Waals surface area contributed by atoms with Crippen molar-refractivity contribution in [3.63, 3.8) is 0 Å². The Balaban J connectivity index is 2.45. The number of rotatable bonds is 0. The molecular formula is C5H6F. The molecule has 0 aliphatic heterocycles. The van der Waals surface area contributed by atoms with Gasteiger partial charge in [0.1, 0.15) is 0 Å². The smallest absolute Gasteiger partial charge is 0.0962 e. The summed E-state index contributed by atoms with van der Waals surface area (Å²) in [7, 11) is 0. The topological polar surface area (TPSA) is 0 Å². The zero-order valence-electron chi connectivity index (χ0n) is 3.45. The molecule has 0 aromatic rings. The average Bonchev–Trinajstić information content (AvgIpc) is 1.86. The molecule has 1 heteroatoms. The molecule has 0 nitrogen and oxygen atoms in total. The van der Waals surface area contributed by atoms with Crippen LogP contribution in [-0.4, -0.2) is 0 Å². The summed E-state index contributed by atoms with van der Waals surface area (Å²) >= 11 is 0. The highest BCUT2D eigenvalue weighted by molar-refractivity contribution is 5.05. The van der Waals surface area contributed by atoms with Gasteiger partial charge in [0.25, 0.3) is 0 Å². The molecule has 0 unspecified atom stereocenters. The standard InChI is InChI=1S/C5H6F/c6-5-3-1-2-4-5/h1,4H,2-3H2. The Morgan fingerprint density at radius 2 is 2.50 bits per heavy atom. The Labute approximate surface area is 36.7 Å². The lowest BCUT2D eigenvalue weighted by Gasteiger charge is -1.74. The summed E-state index contributed by atoms with van der Waals surface area (Å²) in [6.07, 6.45) is 4.89. The highest BCUT2D eigenvalue weighted by Gasteiger charge is 1.99. The fourth-order valence-corrected chi connectivity index (χ4v) is 0.516. The molecule has 0 spiro atoms.